The van der Waals surface area contributed by atoms with E-state index in [1.165, 1.54) is 6.33 Å². The molecule has 1 atom stereocenters. The van der Waals surface area contributed by atoms with E-state index in [4.69, 9.17) is 0 Å². The van der Waals surface area contributed by atoms with E-state index in [-0.39, 0.29) is 5.69 Å². The van der Waals surface area contributed by atoms with Crippen LogP contribution in [0.4, 0.5) is 24.5 Å². The molecule has 0 saturated heterocycles. The first kappa shape index (κ1) is 19.1. The smallest absolute Gasteiger partial charge is 0.318 e. The van der Waals surface area contributed by atoms with Gasteiger partial charge < -0.3 is 4.57 Å². The molecule has 146 valence electrons. The summed E-state index contributed by atoms with van der Waals surface area (Å²) in [6.07, 6.45) is -3.24. The Labute approximate surface area is 156 Å². The zero-order chi connectivity index (χ0) is 20.5. The predicted octanol–water partition coefficient (Wildman–Crippen LogP) is 3.67. The van der Waals surface area contributed by atoms with Gasteiger partial charge in [0, 0.05) is 6.07 Å². The van der Waals surface area contributed by atoms with Crippen molar-refractivity contribution in [1.29, 1.82) is 0 Å². The molecule has 1 unspecified atom stereocenters. The zero-order valence-corrected chi connectivity index (χ0v) is 14.4. The molecule has 0 radical (unpaired) electrons. The number of fused-ring (bicyclic) bond motifs is 1. The minimum absolute atomic E-state index is 0.269. The standard InChI is InChI=1S/C17H14F3N5O3/c1-10(24-9-21-12-4-2-3-5-14(12)24)16(26)23-22-13-7-6-11(17(18,19)20)8-15(13)25(27)28/h2-10,22H,1H3,(H,23,26). The predicted molar refractivity (Wildman–Crippen MR) is 94.3 cm³/mol. The number of hydrogen-bond donors (Lipinski definition) is 2. The molecule has 28 heavy (non-hydrogen) atoms. The van der Waals surface area contributed by atoms with Gasteiger partial charge >= 0.3 is 6.18 Å². The van der Waals surface area contributed by atoms with Gasteiger partial charge in [0.05, 0.1) is 27.8 Å². The third kappa shape index (κ3) is 3.72. The minimum Gasteiger partial charge on any atom is -0.318 e. The van der Waals surface area contributed by atoms with E-state index in [2.05, 4.69) is 15.8 Å². The van der Waals surface area contributed by atoms with Gasteiger partial charge in [0.15, 0.2) is 0 Å². The topological polar surface area (TPSA) is 102 Å². The third-order valence-electron chi connectivity index (χ3n) is 4.12. The summed E-state index contributed by atoms with van der Waals surface area (Å²) in [6, 6.07) is 8.40. The van der Waals surface area contributed by atoms with Crippen molar-refractivity contribution >= 4 is 28.3 Å². The number of amides is 1. The second-order valence-electron chi connectivity index (χ2n) is 5.92. The van der Waals surface area contributed by atoms with Crippen molar-refractivity contribution in [1.82, 2.24) is 15.0 Å². The van der Waals surface area contributed by atoms with E-state index in [1.807, 2.05) is 0 Å². The Morgan fingerprint density at radius 1 is 1.25 bits per heavy atom. The minimum atomic E-state index is -4.72. The Morgan fingerprint density at radius 2 is 1.96 bits per heavy atom. The number of imidazole rings is 1. The molecule has 3 aromatic rings. The van der Waals surface area contributed by atoms with Crippen LogP contribution in [0, 0.1) is 10.1 Å². The van der Waals surface area contributed by atoms with Crippen LogP contribution in [-0.4, -0.2) is 20.4 Å². The van der Waals surface area contributed by atoms with Crippen molar-refractivity contribution < 1.29 is 22.9 Å². The lowest BCUT2D eigenvalue weighted by Crippen LogP contribution is -2.35. The number of rotatable bonds is 5. The number of nitrogens with zero attached hydrogens (tertiary/aromatic N) is 3. The number of benzene rings is 2. The fourth-order valence-corrected chi connectivity index (χ4v) is 2.61. The number of carbonyl (C=O) groups excluding carboxylic acids is 1. The molecule has 1 aromatic heterocycles. The molecule has 2 N–H and O–H groups in total. The molecule has 0 aliphatic rings. The van der Waals surface area contributed by atoms with E-state index in [1.54, 1.807) is 35.8 Å². The largest absolute Gasteiger partial charge is 0.416 e. The van der Waals surface area contributed by atoms with Gasteiger partial charge in [0.25, 0.3) is 11.6 Å². The van der Waals surface area contributed by atoms with Crippen molar-refractivity contribution in [3.05, 3.63) is 64.5 Å². The van der Waals surface area contributed by atoms with E-state index < -0.39 is 34.3 Å². The summed E-state index contributed by atoms with van der Waals surface area (Å²) in [4.78, 5) is 26.7. The summed E-state index contributed by atoms with van der Waals surface area (Å²) in [5.74, 6) is -0.558. The van der Waals surface area contributed by atoms with Crippen molar-refractivity contribution in [3.8, 4) is 0 Å². The molecule has 0 saturated carbocycles. The molecule has 1 amide bonds. The Balaban J connectivity index is 1.78. The number of para-hydroxylation sites is 2. The fraction of sp³-hybridized carbons (Fsp3) is 0.176. The summed E-state index contributed by atoms with van der Waals surface area (Å²) in [5.41, 5.74) is 3.77. The first-order chi connectivity index (χ1) is 13.2. The van der Waals surface area contributed by atoms with Gasteiger partial charge in [0.2, 0.25) is 0 Å². The third-order valence-corrected chi connectivity index (χ3v) is 4.12. The zero-order valence-electron chi connectivity index (χ0n) is 14.4. The molecule has 0 spiro atoms. The number of anilines is 1. The fourth-order valence-electron chi connectivity index (χ4n) is 2.61. The number of nitro benzene ring substituents is 1. The molecular weight excluding hydrogens is 379 g/mol. The lowest BCUT2D eigenvalue weighted by molar-refractivity contribution is -0.384. The molecule has 11 heteroatoms. The Morgan fingerprint density at radius 3 is 2.64 bits per heavy atom. The number of alkyl halides is 3. The van der Waals surface area contributed by atoms with Gasteiger partial charge in [-0.3, -0.25) is 25.8 Å². The second-order valence-corrected chi connectivity index (χ2v) is 5.92. The lowest BCUT2D eigenvalue weighted by Gasteiger charge is -2.16. The number of hydrogen-bond acceptors (Lipinski definition) is 5. The van der Waals surface area contributed by atoms with Crippen LogP contribution < -0.4 is 10.9 Å². The highest BCUT2D eigenvalue weighted by Crippen LogP contribution is 2.34. The number of carbonyl (C=O) groups is 1. The van der Waals surface area contributed by atoms with Gasteiger partial charge in [-0.15, -0.1) is 0 Å². The number of hydrazine groups is 1. The highest BCUT2D eigenvalue weighted by atomic mass is 19.4. The summed E-state index contributed by atoms with van der Waals surface area (Å²) in [6.45, 7) is 1.59. The molecule has 2 aromatic carbocycles. The van der Waals surface area contributed by atoms with Crippen molar-refractivity contribution in [2.45, 2.75) is 19.1 Å². The van der Waals surface area contributed by atoms with Crippen molar-refractivity contribution in [3.63, 3.8) is 0 Å². The van der Waals surface area contributed by atoms with Crippen molar-refractivity contribution in [2.75, 3.05) is 5.43 Å². The van der Waals surface area contributed by atoms with Crippen LogP contribution in [0.15, 0.2) is 48.8 Å². The molecule has 8 nitrogen and oxygen atoms in total. The van der Waals surface area contributed by atoms with Gasteiger partial charge in [-0.2, -0.15) is 13.2 Å². The summed E-state index contributed by atoms with van der Waals surface area (Å²) >= 11 is 0. The maximum Gasteiger partial charge on any atom is 0.416 e. The van der Waals surface area contributed by atoms with Crippen molar-refractivity contribution in [2.24, 2.45) is 0 Å². The summed E-state index contributed by atoms with van der Waals surface area (Å²) in [7, 11) is 0. The van der Waals surface area contributed by atoms with E-state index in [0.717, 1.165) is 6.07 Å². The molecular formula is C17H14F3N5O3. The lowest BCUT2D eigenvalue weighted by atomic mass is 10.1. The molecule has 1 heterocycles. The van der Waals surface area contributed by atoms with Gasteiger partial charge in [-0.05, 0) is 31.2 Å². The van der Waals surface area contributed by atoms with Crippen LogP contribution in [0.25, 0.3) is 11.0 Å². The van der Waals surface area contributed by atoms with Gasteiger partial charge in [0.1, 0.15) is 11.7 Å². The Hall–Kier alpha value is -3.63. The molecule has 0 aliphatic heterocycles. The molecule has 0 bridgehead atoms. The Bertz CT molecular complexity index is 1050. The monoisotopic (exact) mass is 393 g/mol. The van der Waals surface area contributed by atoms with Gasteiger partial charge in [-0.25, -0.2) is 4.98 Å². The maximum atomic E-state index is 12.7. The molecule has 0 aliphatic carbocycles. The van der Waals surface area contributed by atoms with E-state index >= 15 is 0 Å². The first-order valence-electron chi connectivity index (χ1n) is 8.01. The number of nitrogens with one attached hydrogen (secondary N) is 2. The van der Waals surface area contributed by atoms with E-state index in [0.29, 0.717) is 23.2 Å². The molecule has 3 rings (SSSR count). The highest BCUT2D eigenvalue weighted by Gasteiger charge is 2.33. The van der Waals surface area contributed by atoms with Crippen LogP contribution in [0.5, 0.6) is 0 Å². The normalized spacial score (nSPS) is 12.6. The van der Waals surface area contributed by atoms with Crippen LogP contribution in [0.1, 0.15) is 18.5 Å². The number of aromatic nitrogens is 2. The molecule has 0 fully saturated rings. The first-order valence-corrected chi connectivity index (χ1v) is 8.01. The average Bonchev–Trinajstić information content (AvgIpc) is 3.08. The van der Waals surface area contributed by atoms with Crippen LogP contribution in [-0.2, 0) is 11.0 Å². The van der Waals surface area contributed by atoms with Crippen LogP contribution in [0.2, 0.25) is 0 Å². The summed E-state index contributed by atoms with van der Waals surface area (Å²) in [5, 5.41) is 11.1. The average molecular weight is 393 g/mol. The second kappa shape index (κ2) is 7.18. The highest BCUT2D eigenvalue weighted by molar-refractivity contribution is 5.84. The summed E-state index contributed by atoms with van der Waals surface area (Å²) < 4.78 is 39.8. The quantitative estimate of drug-likeness (QED) is 0.509. The van der Waals surface area contributed by atoms with Gasteiger partial charge in [-0.1, -0.05) is 12.1 Å². The van der Waals surface area contributed by atoms with Crippen LogP contribution in [0.3, 0.4) is 0 Å². The SMILES string of the molecule is CC(C(=O)NNc1ccc(C(F)(F)F)cc1[N+](=O)[O-])n1cnc2ccccc21. The van der Waals surface area contributed by atoms with E-state index in [9.17, 15) is 28.1 Å². The Kier molecular flexibility index (Phi) is 4.91. The number of nitro groups is 1. The number of halogens is 3. The van der Waals surface area contributed by atoms with Crippen LogP contribution >= 0.6 is 0 Å². The maximum absolute atomic E-state index is 12.7.